The van der Waals surface area contributed by atoms with Crippen LogP contribution in [0.3, 0.4) is 0 Å². The van der Waals surface area contributed by atoms with Crippen molar-refractivity contribution >= 4 is 27.6 Å². The van der Waals surface area contributed by atoms with Crippen LogP contribution >= 0.6 is 11.3 Å². The first-order valence-electron chi connectivity index (χ1n) is 12.4. The van der Waals surface area contributed by atoms with Gasteiger partial charge in [-0.3, -0.25) is 4.18 Å². The molecule has 0 amide bonds. The van der Waals surface area contributed by atoms with Crippen molar-refractivity contribution in [1.29, 1.82) is 0 Å². The Bertz CT molecular complexity index is 965. The van der Waals surface area contributed by atoms with Crippen molar-refractivity contribution in [3.05, 3.63) is 33.7 Å². The number of nitrogens with zero attached hydrogens (tertiary/aromatic N) is 3. The molecule has 0 atom stereocenters. The van der Waals surface area contributed by atoms with Crippen molar-refractivity contribution in [1.82, 2.24) is 9.97 Å². The quantitative estimate of drug-likeness (QED) is 0.0754. The number of anilines is 1. The number of hydrogen-bond donors (Lipinski definition) is 2. The van der Waals surface area contributed by atoms with Crippen LogP contribution in [0.15, 0.2) is 11.7 Å². The van der Waals surface area contributed by atoms with E-state index in [0.717, 1.165) is 24.1 Å². The van der Waals surface area contributed by atoms with Crippen LogP contribution < -0.4 is 52.3 Å². The predicted molar refractivity (Wildman–Crippen MR) is 138 cm³/mol. The van der Waals surface area contributed by atoms with Gasteiger partial charge in [-0.05, 0) is 13.3 Å². The van der Waals surface area contributed by atoms with E-state index in [1.165, 1.54) is 49.8 Å². The molecule has 2 rings (SSSR count). The van der Waals surface area contributed by atoms with Crippen molar-refractivity contribution in [3.63, 3.8) is 0 Å². The molecule has 0 saturated carbocycles. The molecule has 2 aromatic rings. The molecular formula is C24H42ClN4NaO5S2. The zero-order valence-corrected chi connectivity index (χ0v) is 27.1. The van der Waals surface area contributed by atoms with Gasteiger partial charge in [-0.15, -0.1) is 0 Å². The van der Waals surface area contributed by atoms with Crippen molar-refractivity contribution in [3.8, 4) is 0 Å². The second-order valence-corrected chi connectivity index (χ2v) is 10.6. The standard InChI is InChI=1S/C12H17N4OS.C12H26O4S.ClH.Na/c1-8-11(3-4-17)18-7-16(8)6-10-5-14-9(2)15-12(10)13;1-2-3-4-5-6-7-8-9-10-11-12-16-17(13,14)15;;/h5,7,17H,3-4,6H2,1-2H3,(H2,13,14,15);2-12H2,1H3,(H,13,14,15);1H;/q+1;;;+1/p-2. The number of aryl methyl sites for hydroxylation is 1. The summed E-state index contributed by atoms with van der Waals surface area (Å²) in [4.78, 5) is 9.53. The second-order valence-electron chi connectivity index (χ2n) is 8.57. The van der Waals surface area contributed by atoms with Gasteiger partial charge in [0.05, 0.1) is 17.0 Å². The number of aliphatic hydroxyl groups is 1. The van der Waals surface area contributed by atoms with Crippen molar-refractivity contribution < 1.29 is 68.8 Å². The van der Waals surface area contributed by atoms with E-state index in [4.69, 9.17) is 10.8 Å². The predicted octanol–water partition coefficient (Wildman–Crippen LogP) is -2.00. The Morgan fingerprint density at radius 2 is 1.65 bits per heavy atom. The van der Waals surface area contributed by atoms with E-state index in [1.807, 2.05) is 19.4 Å². The van der Waals surface area contributed by atoms with Gasteiger partial charge >= 0.3 is 29.6 Å². The number of thiazole rings is 1. The number of aliphatic hydroxyl groups excluding tert-OH is 1. The molecule has 0 aliphatic carbocycles. The minimum Gasteiger partial charge on any atom is -1.00 e. The van der Waals surface area contributed by atoms with E-state index in [9.17, 15) is 13.0 Å². The molecule has 0 saturated heterocycles. The van der Waals surface area contributed by atoms with E-state index >= 15 is 0 Å². The third-order valence-electron chi connectivity index (χ3n) is 5.58. The van der Waals surface area contributed by atoms with Gasteiger partial charge < -0.3 is 27.8 Å². The Morgan fingerprint density at radius 3 is 2.16 bits per heavy atom. The summed E-state index contributed by atoms with van der Waals surface area (Å²) in [7, 11) is -4.48. The summed E-state index contributed by atoms with van der Waals surface area (Å²) in [6.45, 7) is 6.96. The maximum atomic E-state index is 10.1. The number of nitrogens with two attached hydrogens (primary N) is 1. The average Bonchev–Trinajstić information content (AvgIpc) is 3.13. The van der Waals surface area contributed by atoms with Crippen LogP contribution in [-0.4, -0.2) is 41.3 Å². The number of nitrogen functional groups attached to an aromatic ring is 1. The fourth-order valence-electron chi connectivity index (χ4n) is 3.52. The third kappa shape index (κ3) is 18.5. The first kappa shape index (κ1) is 38.8. The Labute approximate surface area is 255 Å². The van der Waals surface area contributed by atoms with Crippen LogP contribution in [0.2, 0.25) is 0 Å². The maximum Gasteiger partial charge on any atom is 1.00 e. The van der Waals surface area contributed by atoms with Crippen LogP contribution in [0.5, 0.6) is 0 Å². The SMILES string of the molecule is CCCCCCCCCCCCOS(=O)(=O)[O-].Cc1ncc(C[n+]2csc(CCO)c2C)c(N)n1.[Cl-].[Na+]. The van der Waals surface area contributed by atoms with Gasteiger partial charge in [0.1, 0.15) is 11.6 Å². The van der Waals surface area contributed by atoms with E-state index in [2.05, 4.69) is 25.6 Å². The van der Waals surface area contributed by atoms with Gasteiger partial charge in [-0.2, -0.15) is 4.57 Å². The van der Waals surface area contributed by atoms with E-state index in [1.54, 1.807) is 17.5 Å². The van der Waals surface area contributed by atoms with Gasteiger partial charge in [-0.1, -0.05) is 76.0 Å². The molecule has 0 aliphatic heterocycles. The van der Waals surface area contributed by atoms with Gasteiger partial charge in [0.2, 0.25) is 15.9 Å². The topological polar surface area (TPSA) is 142 Å². The molecule has 2 heterocycles. The molecule has 0 bridgehead atoms. The molecule has 208 valence electrons. The minimum absolute atomic E-state index is 0. The largest absolute Gasteiger partial charge is 1.00 e. The first-order valence-corrected chi connectivity index (χ1v) is 14.6. The first-order chi connectivity index (χ1) is 16.7. The third-order valence-corrected chi connectivity index (χ3v) is 7.18. The van der Waals surface area contributed by atoms with Gasteiger partial charge in [0.15, 0.2) is 12.2 Å². The van der Waals surface area contributed by atoms with Crippen LogP contribution in [-0.2, 0) is 27.5 Å². The van der Waals surface area contributed by atoms with Gasteiger partial charge in [0, 0.05) is 26.1 Å². The summed E-state index contributed by atoms with van der Waals surface area (Å²) in [5, 5.41) is 8.98. The Kier molecular flexibility index (Phi) is 23.5. The molecule has 0 radical (unpaired) electrons. The molecule has 0 aromatic carbocycles. The van der Waals surface area contributed by atoms with Crippen LogP contribution in [0.4, 0.5) is 5.82 Å². The smallest absolute Gasteiger partial charge is 1.00 e. The van der Waals surface area contributed by atoms with E-state index in [0.29, 0.717) is 31.0 Å². The zero-order chi connectivity index (χ0) is 26.1. The molecule has 0 fully saturated rings. The normalized spacial score (nSPS) is 10.7. The maximum absolute atomic E-state index is 10.1. The number of rotatable bonds is 16. The Balaban J connectivity index is 0. The van der Waals surface area contributed by atoms with Crippen LogP contribution in [0, 0.1) is 13.8 Å². The number of hydrogen-bond acceptors (Lipinski definition) is 9. The van der Waals surface area contributed by atoms with Crippen molar-refractivity contribution in [2.24, 2.45) is 0 Å². The molecule has 0 aliphatic rings. The molecule has 13 heteroatoms. The average molecular weight is 589 g/mol. The number of halogens is 1. The van der Waals surface area contributed by atoms with Crippen molar-refractivity contribution in [2.75, 3.05) is 18.9 Å². The monoisotopic (exact) mass is 588 g/mol. The second kappa shape index (κ2) is 22.4. The molecule has 9 nitrogen and oxygen atoms in total. The fraction of sp³-hybridized carbons (Fsp3) is 0.708. The Hall–Kier alpha value is -0.370. The van der Waals surface area contributed by atoms with E-state index in [-0.39, 0.29) is 55.2 Å². The summed E-state index contributed by atoms with van der Waals surface area (Å²) in [5.74, 6) is 1.22. The number of unbranched alkanes of at least 4 members (excludes halogenated alkanes) is 9. The van der Waals surface area contributed by atoms with Gasteiger partial charge in [0.25, 0.3) is 0 Å². The Morgan fingerprint density at radius 1 is 1.08 bits per heavy atom. The molecule has 2 aromatic heterocycles. The molecule has 3 N–H and O–H groups in total. The summed E-state index contributed by atoms with van der Waals surface area (Å²) >= 11 is 1.65. The fourth-order valence-corrected chi connectivity index (χ4v) is 4.82. The zero-order valence-electron chi connectivity index (χ0n) is 22.7. The van der Waals surface area contributed by atoms with Crippen LogP contribution in [0.1, 0.15) is 93.1 Å². The van der Waals surface area contributed by atoms with Gasteiger partial charge in [-0.25, -0.2) is 18.4 Å². The molecular weight excluding hydrogens is 547 g/mol. The molecule has 0 unspecified atom stereocenters. The minimum atomic E-state index is -4.48. The van der Waals surface area contributed by atoms with Crippen LogP contribution in [0.25, 0.3) is 0 Å². The summed E-state index contributed by atoms with van der Waals surface area (Å²) < 4.78 is 36.6. The van der Waals surface area contributed by atoms with Crippen molar-refractivity contribution in [2.45, 2.75) is 97.9 Å². The summed E-state index contributed by atoms with van der Waals surface area (Å²) in [5.41, 5.74) is 10.0. The molecule has 0 spiro atoms. The summed E-state index contributed by atoms with van der Waals surface area (Å²) in [6.07, 6.45) is 14.2. The number of aromatic nitrogens is 3. The summed E-state index contributed by atoms with van der Waals surface area (Å²) in [6, 6.07) is 0. The van der Waals surface area contributed by atoms with E-state index < -0.39 is 10.4 Å². The molecule has 37 heavy (non-hydrogen) atoms.